The van der Waals surface area contributed by atoms with Crippen LogP contribution in [0.1, 0.15) is 0 Å². The number of hydrogen-bond donors (Lipinski definition) is 0. The topological polar surface area (TPSA) is 51.8 Å². The van der Waals surface area contributed by atoms with Crippen LogP contribution in [0.15, 0.2) is 203 Å². The van der Waals surface area contributed by atoms with Gasteiger partial charge in [0.25, 0.3) is 0 Å². The lowest BCUT2D eigenvalue weighted by Crippen LogP contribution is -2.09. The molecule has 0 spiro atoms. The van der Waals surface area contributed by atoms with Crippen LogP contribution in [0.4, 0.5) is 17.1 Å². The highest BCUT2D eigenvalue weighted by molar-refractivity contribution is 6.12. The highest BCUT2D eigenvalue weighted by Gasteiger charge is 2.24. The van der Waals surface area contributed by atoms with E-state index in [1.54, 1.807) is 0 Å². The lowest BCUT2D eigenvalue weighted by Gasteiger charge is -2.26. The van der Waals surface area contributed by atoms with Gasteiger partial charge in [0, 0.05) is 38.9 Å². The summed E-state index contributed by atoms with van der Waals surface area (Å²) >= 11 is 0. The Hall–Kier alpha value is -7.83. The molecule has 0 N–H and O–H groups in total. The molecule has 4 heterocycles. The van der Waals surface area contributed by atoms with Gasteiger partial charge in [0.15, 0.2) is 0 Å². The average Bonchev–Trinajstić information content (AvgIpc) is 4.02. The van der Waals surface area contributed by atoms with Gasteiger partial charge in [-0.05, 0) is 101 Å². The van der Waals surface area contributed by atoms with Crippen molar-refractivity contribution in [3.63, 3.8) is 0 Å². The van der Waals surface area contributed by atoms with E-state index in [1.165, 1.54) is 11.1 Å². The minimum atomic E-state index is 0.773. The molecule has 6 nitrogen and oxygen atoms in total. The minimum Gasteiger partial charge on any atom is -0.456 e. The fourth-order valence-corrected chi connectivity index (χ4v) is 8.54. The van der Waals surface area contributed by atoms with E-state index in [4.69, 9.17) is 13.8 Å². The molecule has 0 bridgehead atoms. The van der Waals surface area contributed by atoms with Crippen molar-refractivity contribution in [1.82, 2.24) is 14.0 Å². The van der Waals surface area contributed by atoms with Crippen molar-refractivity contribution in [2.45, 2.75) is 0 Å². The quantitative estimate of drug-likeness (QED) is 0.171. The van der Waals surface area contributed by atoms with E-state index in [9.17, 15) is 0 Å². The smallest absolute Gasteiger partial charge is 0.232 e. The number of furan rings is 2. The zero-order valence-corrected chi connectivity index (χ0v) is 30.6. The van der Waals surface area contributed by atoms with Crippen molar-refractivity contribution in [2.75, 3.05) is 4.90 Å². The largest absolute Gasteiger partial charge is 0.456 e. The van der Waals surface area contributed by atoms with Gasteiger partial charge in [0.2, 0.25) is 11.5 Å². The highest BCUT2D eigenvalue weighted by Crippen LogP contribution is 2.42. The molecule has 0 fully saturated rings. The van der Waals surface area contributed by atoms with Gasteiger partial charge in [0.1, 0.15) is 22.3 Å². The third kappa shape index (κ3) is 4.87. The molecule has 0 unspecified atom stereocenters. The number of rotatable bonds is 6. The molecular weight excluding hydrogens is 701 g/mol. The molecule has 57 heavy (non-hydrogen) atoms. The normalized spacial score (nSPS) is 11.9. The van der Waals surface area contributed by atoms with Crippen LogP contribution in [0.2, 0.25) is 0 Å². The third-order valence-electron chi connectivity index (χ3n) is 11.1. The Labute approximate surface area is 326 Å². The highest BCUT2D eigenvalue weighted by atomic mass is 16.3. The number of aromatic nitrogens is 3. The van der Waals surface area contributed by atoms with Gasteiger partial charge in [-0.1, -0.05) is 115 Å². The first-order valence-corrected chi connectivity index (χ1v) is 19.1. The van der Waals surface area contributed by atoms with Crippen LogP contribution < -0.4 is 4.90 Å². The molecule has 4 aromatic heterocycles. The number of nitrogens with zero attached hydrogens (tertiary/aromatic N) is 4. The molecule has 0 atom stereocenters. The summed E-state index contributed by atoms with van der Waals surface area (Å²) in [6, 6.07) is 67.8. The summed E-state index contributed by atoms with van der Waals surface area (Å²) in [6.07, 6.45) is 0. The first-order chi connectivity index (χ1) is 28.3. The Balaban J connectivity index is 1.03. The van der Waals surface area contributed by atoms with Crippen molar-refractivity contribution in [3.05, 3.63) is 194 Å². The van der Waals surface area contributed by atoms with Crippen molar-refractivity contribution < 1.29 is 8.83 Å². The van der Waals surface area contributed by atoms with Crippen molar-refractivity contribution >= 4 is 78.0 Å². The summed E-state index contributed by atoms with van der Waals surface area (Å²) in [5.74, 6) is 0.803. The van der Waals surface area contributed by atoms with Gasteiger partial charge in [-0.2, -0.15) is 0 Å². The number of hydrogen-bond acceptors (Lipinski definition) is 4. The van der Waals surface area contributed by atoms with Crippen LogP contribution in [0, 0.1) is 0 Å². The summed E-state index contributed by atoms with van der Waals surface area (Å²) in [6.45, 7) is 0. The number of imidazole rings is 2. The fourth-order valence-electron chi connectivity index (χ4n) is 8.54. The minimum absolute atomic E-state index is 0.773. The van der Waals surface area contributed by atoms with E-state index in [1.807, 2.05) is 36.4 Å². The van der Waals surface area contributed by atoms with Crippen LogP contribution in [0.3, 0.4) is 0 Å². The molecule has 0 saturated heterocycles. The first-order valence-electron chi connectivity index (χ1n) is 19.1. The van der Waals surface area contributed by atoms with E-state index in [-0.39, 0.29) is 0 Å². The summed E-state index contributed by atoms with van der Waals surface area (Å²) in [4.78, 5) is 7.63. The van der Waals surface area contributed by atoms with E-state index in [0.717, 1.165) is 94.8 Å². The molecule has 12 rings (SSSR count). The maximum Gasteiger partial charge on any atom is 0.232 e. The molecule has 0 aliphatic heterocycles. The van der Waals surface area contributed by atoms with Gasteiger partial charge in [-0.3, -0.25) is 4.57 Å². The van der Waals surface area contributed by atoms with E-state index < -0.39 is 0 Å². The Bertz CT molecular complexity index is 3450. The monoisotopic (exact) mass is 732 g/mol. The van der Waals surface area contributed by atoms with Gasteiger partial charge < -0.3 is 13.7 Å². The second-order valence-corrected chi connectivity index (χ2v) is 14.4. The lowest BCUT2D eigenvalue weighted by atomic mass is 9.99. The molecule has 6 heteroatoms. The zero-order valence-electron chi connectivity index (χ0n) is 30.6. The van der Waals surface area contributed by atoms with Crippen LogP contribution in [0.25, 0.3) is 88.9 Å². The van der Waals surface area contributed by atoms with Crippen LogP contribution >= 0.6 is 0 Å². The Kier molecular flexibility index (Phi) is 6.83. The van der Waals surface area contributed by atoms with Crippen molar-refractivity contribution in [1.29, 1.82) is 0 Å². The first kappa shape index (κ1) is 31.5. The summed E-state index contributed by atoms with van der Waals surface area (Å²) < 4.78 is 17.2. The van der Waals surface area contributed by atoms with Crippen LogP contribution in [0.5, 0.6) is 0 Å². The van der Waals surface area contributed by atoms with E-state index >= 15 is 0 Å². The number of para-hydroxylation sites is 3. The van der Waals surface area contributed by atoms with Gasteiger partial charge in [-0.15, -0.1) is 0 Å². The Morgan fingerprint density at radius 1 is 0.456 bits per heavy atom. The average molecular weight is 733 g/mol. The molecule has 12 aromatic rings. The molecule has 0 saturated carbocycles. The number of benzene rings is 8. The predicted octanol–water partition coefficient (Wildman–Crippen LogP) is 13.9. The molecular formula is C51H32N4O2. The van der Waals surface area contributed by atoms with E-state index in [0.29, 0.717) is 0 Å². The van der Waals surface area contributed by atoms with Crippen LogP contribution in [-0.2, 0) is 0 Å². The van der Waals surface area contributed by atoms with Gasteiger partial charge in [-0.25, -0.2) is 9.38 Å². The predicted molar refractivity (Wildman–Crippen MR) is 232 cm³/mol. The lowest BCUT2D eigenvalue weighted by molar-refractivity contribution is 0.651. The Morgan fingerprint density at radius 2 is 1.05 bits per heavy atom. The maximum atomic E-state index is 6.58. The molecule has 0 radical (unpaired) electrons. The summed E-state index contributed by atoms with van der Waals surface area (Å²) in [5.41, 5.74) is 15.0. The number of anilines is 3. The maximum absolute atomic E-state index is 6.58. The number of fused-ring (bicyclic) bond motifs is 10. The van der Waals surface area contributed by atoms with Crippen molar-refractivity contribution in [3.8, 4) is 27.9 Å². The second-order valence-electron chi connectivity index (χ2n) is 14.4. The van der Waals surface area contributed by atoms with Gasteiger partial charge >= 0.3 is 0 Å². The second kappa shape index (κ2) is 12.3. The molecule has 0 aliphatic rings. The van der Waals surface area contributed by atoms with Crippen molar-refractivity contribution in [2.24, 2.45) is 0 Å². The van der Waals surface area contributed by atoms with Crippen LogP contribution in [-0.4, -0.2) is 14.0 Å². The Morgan fingerprint density at radius 3 is 1.81 bits per heavy atom. The standard InChI is InChI=1S/C51H32N4O2/c1-3-12-33(13-4-1)34-22-26-37(27-23-34)53(38-28-24-35(25-29-38)40-18-11-21-47-48(40)41-16-7-9-19-45(41)56-47)39-30-31-44-43(32-39)52-51-54(36-14-5-2-6-15-36)49-42-17-8-10-20-46(42)57-50(49)55(44)51/h1-32H. The molecule has 8 aromatic carbocycles. The SMILES string of the molecule is c1ccc(-c2ccc(N(c3ccc(-c4cccc5oc6ccccc6c45)cc3)c3ccc4c(c3)nc3n(-c5ccccc5)c5c6ccccc6oc5n43)cc2)cc1. The molecule has 268 valence electrons. The third-order valence-corrected chi connectivity index (χ3v) is 11.1. The van der Waals surface area contributed by atoms with Gasteiger partial charge in [0.05, 0.1) is 11.0 Å². The fraction of sp³-hybridized carbons (Fsp3) is 0. The summed E-state index contributed by atoms with van der Waals surface area (Å²) in [5, 5.41) is 3.30. The molecule has 0 aliphatic carbocycles. The summed E-state index contributed by atoms with van der Waals surface area (Å²) in [7, 11) is 0. The van der Waals surface area contributed by atoms with E-state index in [2.05, 4.69) is 172 Å². The zero-order chi connectivity index (χ0) is 37.5. The molecule has 0 amide bonds.